The number of fused-ring (bicyclic) bond motifs is 4. The molecule has 40 heavy (non-hydrogen) atoms. The molecule has 5 aliphatic rings. The van der Waals surface area contributed by atoms with E-state index in [4.69, 9.17) is 4.74 Å². The largest absolute Gasteiger partial charge is 0.508 e. The van der Waals surface area contributed by atoms with Gasteiger partial charge >= 0.3 is 0 Å². The zero-order chi connectivity index (χ0) is 27.3. The summed E-state index contributed by atoms with van der Waals surface area (Å²) < 4.78 is 21.9. The number of anilines is 1. The first kappa shape index (κ1) is 26.3. The minimum absolute atomic E-state index is 0.00677. The van der Waals surface area contributed by atoms with Gasteiger partial charge in [0.25, 0.3) is 0 Å². The van der Waals surface area contributed by atoms with Crippen LogP contribution >= 0.6 is 0 Å². The Morgan fingerprint density at radius 1 is 1.05 bits per heavy atom. The van der Waals surface area contributed by atoms with Crippen LogP contribution in [0.3, 0.4) is 0 Å². The van der Waals surface area contributed by atoms with Crippen LogP contribution in [0.4, 0.5) is 10.1 Å². The Morgan fingerprint density at radius 2 is 1.93 bits per heavy atom. The first-order valence-corrected chi connectivity index (χ1v) is 15.8. The van der Waals surface area contributed by atoms with Gasteiger partial charge in [-0.1, -0.05) is 12.5 Å². The van der Waals surface area contributed by atoms with E-state index in [1.807, 2.05) is 18.2 Å². The lowest BCUT2D eigenvalue weighted by Gasteiger charge is -2.49. The standard InChI is InChI=1S/C34H43FN2O3/c35-29-19-25(10-14-30(29)36-32(39)6-2-5-17-37-15-3-1-4-16-37)40-31-21-34-20-23(34)8-13-28(34)27-11-7-22-18-24(38)9-12-26(22)33(27)31/h9-10,12,14,18-19,23,27-28,31,33,38H,1-8,11,13,15-17,20-21H2,(H,36,39)/t23?,27?,28?,31-,33+,34+/m0/s1. The molecule has 3 unspecified atom stereocenters. The average Bonchev–Trinajstić information content (AvgIpc) is 3.52. The fraction of sp³-hybridized carbons (Fsp3) is 0.618. The van der Waals surface area contributed by atoms with Crippen LogP contribution in [-0.4, -0.2) is 41.7 Å². The Hall–Kier alpha value is -2.60. The van der Waals surface area contributed by atoms with Crippen LogP contribution < -0.4 is 10.1 Å². The number of benzene rings is 2. The number of amides is 1. The number of phenolic OH excluding ortho intramolecular Hbond substituents is 1. The Kier molecular flexibility index (Phi) is 7.01. The molecular formula is C34H43FN2O3. The summed E-state index contributed by atoms with van der Waals surface area (Å²) in [6, 6.07) is 10.7. The first-order valence-electron chi connectivity index (χ1n) is 15.8. The molecule has 6 heteroatoms. The van der Waals surface area contributed by atoms with Gasteiger partial charge in [-0.25, -0.2) is 4.39 Å². The van der Waals surface area contributed by atoms with E-state index >= 15 is 4.39 Å². The number of piperidine rings is 1. The van der Waals surface area contributed by atoms with Gasteiger partial charge in [0.15, 0.2) is 0 Å². The van der Waals surface area contributed by atoms with Crippen molar-refractivity contribution in [2.45, 2.75) is 89.1 Å². The predicted molar refractivity (Wildman–Crippen MR) is 154 cm³/mol. The molecule has 1 saturated heterocycles. The van der Waals surface area contributed by atoms with Crippen molar-refractivity contribution in [2.75, 3.05) is 25.0 Å². The monoisotopic (exact) mass is 546 g/mol. The van der Waals surface area contributed by atoms with Gasteiger partial charge < -0.3 is 20.1 Å². The molecule has 4 aliphatic carbocycles. The van der Waals surface area contributed by atoms with Gasteiger partial charge in [0, 0.05) is 18.4 Å². The van der Waals surface area contributed by atoms with E-state index < -0.39 is 5.82 Å². The van der Waals surface area contributed by atoms with E-state index in [0.717, 1.165) is 50.5 Å². The van der Waals surface area contributed by atoms with Crippen LogP contribution in [0.1, 0.15) is 87.7 Å². The number of aromatic hydroxyl groups is 1. The van der Waals surface area contributed by atoms with Crippen molar-refractivity contribution in [3.8, 4) is 11.5 Å². The molecule has 2 N–H and O–H groups in total. The molecule has 1 spiro atoms. The molecular weight excluding hydrogens is 503 g/mol. The number of carbonyl (C=O) groups is 1. The van der Waals surface area contributed by atoms with E-state index in [-0.39, 0.29) is 23.6 Å². The molecule has 0 aromatic heterocycles. The highest BCUT2D eigenvalue weighted by atomic mass is 19.1. The van der Waals surface area contributed by atoms with E-state index in [1.165, 1.54) is 68.8 Å². The maximum Gasteiger partial charge on any atom is 0.224 e. The average molecular weight is 547 g/mol. The van der Waals surface area contributed by atoms with Gasteiger partial charge in [-0.15, -0.1) is 0 Å². The molecule has 7 rings (SSSR count). The van der Waals surface area contributed by atoms with E-state index in [1.54, 1.807) is 6.07 Å². The second kappa shape index (κ2) is 10.7. The third-order valence-electron chi connectivity index (χ3n) is 11.1. The number of likely N-dealkylation sites (tertiary alicyclic amines) is 1. The van der Waals surface area contributed by atoms with Crippen LogP contribution in [0.5, 0.6) is 11.5 Å². The summed E-state index contributed by atoms with van der Waals surface area (Å²) in [4.78, 5) is 15.0. The zero-order valence-corrected chi connectivity index (χ0v) is 23.5. The van der Waals surface area contributed by atoms with Crippen LogP contribution in [0, 0.1) is 29.0 Å². The Morgan fingerprint density at radius 3 is 2.75 bits per heavy atom. The number of hydrogen-bond acceptors (Lipinski definition) is 4. The lowest BCUT2D eigenvalue weighted by atomic mass is 9.57. The molecule has 0 radical (unpaired) electrons. The zero-order valence-electron chi connectivity index (χ0n) is 23.5. The lowest BCUT2D eigenvalue weighted by molar-refractivity contribution is -0.116. The number of ether oxygens (including phenoxy) is 1. The Bertz CT molecular complexity index is 1260. The van der Waals surface area contributed by atoms with Gasteiger partial charge in [-0.2, -0.15) is 0 Å². The molecule has 214 valence electrons. The molecule has 2 aromatic carbocycles. The number of halogens is 1. The number of hydrogen-bond donors (Lipinski definition) is 2. The maximum atomic E-state index is 15.2. The van der Waals surface area contributed by atoms with E-state index in [9.17, 15) is 9.90 Å². The first-order chi connectivity index (χ1) is 19.5. The summed E-state index contributed by atoms with van der Waals surface area (Å²) >= 11 is 0. The highest BCUT2D eigenvalue weighted by molar-refractivity contribution is 5.90. The summed E-state index contributed by atoms with van der Waals surface area (Å²) in [7, 11) is 0. The molecule has 6 atom stereocenters. The van der Waals surface area contributed by atoms with Crippen molar-refractivity contribution >= 4 is 11.6 Å². The third-order valence-corrected chi connectivity index (χ3v) is 11.1. The molecule has 2 aromatic rings. The molecule has 5 nitrogen and oxygen atoms in total. The van der Waals surface area contributed by atoms with Crippen molar-refractivity contribution in [3.05, 3.63) is 53.3 Å². The van der Waals surface area contributed by atoms with Gasteiger partial charge in [-0.3, -0.25) is 4.79 Å². The van der Waals surface area contributed by atoms with E-state index in [0.29, 0.717) is 29.3 Å². The fourth-order valence-corrected chi connectivity index (χ4v) is 9.23. The number of carbonyl (C=O) groups excluding carboxylic acids is 1. The molecule has 4 fully saturated rings. The van der Waals surface area contributed by atoms with E-state index in [2.05, 4.69) is 16.3 Å². The summed E-state index contributed by atoms with van der Waals surface area (Å²) in [6.07, 6.45) is 13.3. The van der Waals surface area contributed by atoms with Crippen molar-refractivity contribution < 1.29 is 19.0 Å². The molecule has 3 saturated carbocycles. The SMILES string of the molecule is O=C(CCCCN1CCCCC1)Nc1ccc(O[C@H]2C[C@]34CC3CCC4C3CCc4cc(O)ccc4[C@H]32)cc1F. The van der Waals surface area contributed by atoms with Gasteiger partial charge in [0.2, 0.25) is 5.91 Å². The second-order valence-corrected chi connectivity index (χ2v) is 13.3. The van der Waals surface area contributed by atoms with Crippen molar-refractivity contribution in [3.63, 3.8) is 0 Å². The number of rotatable bonds is 8. The van der Waals surface area contributed by atoms with Crippen molar-refractivity contribution in [1.82, 2.24) is 4.90 Å². The lowest BCUT2D eigenvalue weighted by Crippen LogP contribution is -2.46. The number of aryl methyl sites for hydroxylation is 1. The number of nitrogens with zero attached hydrogens (tertiary/aromatic N) is 1. The number of phenols is 1. The number of unbranched alkanes of at least 4 members (excludes halogenated alkanes) is 1. The van der Waals surface area contributed by atoms with Crippen LogP contribution in [0.25, 0.3) is 0 Å². The molecule has 1 amide bonds. The van der Waals surface area contributed by atoms with Gasteiger partial charge in [0.05, 0.1) is 5.69 Å². The second-order valence-electron chi connectivity index (χ2n) is 13.3. The smallest absolute Gasteiger partial charge is 0.224 e. The quantitative estimate of drug-likeness (QED) is 0.349. The Balaban J connectivity index is 1.01. The number of nitrogens with one attached hydrogen (secondary N) is 1. The Labute approximate surface area is 237 Å². The maximum absolute atomic E-state index is 15.2. The van der Waals surface area contributed by atoms with Crippen LogP contribution in [-0.2, 0) is 11.2 Å². The summed E-state index contributed by atoms with van der Waals surface area (Å²) in [6.45, 7) is 3.39. The van der Waals surface area contributed by atoms with Crippen LogP contribution in [0.2, 0.25) is 0 Å². The van der Waals surface area contributed by atoms with Gasteiger partial charge in [0.1, 0.15) is 23.4 Å². The highest BCUT2D eigenvalue weighted by Crippen LogP contribution is 2.75. The molecule has 1 aliphatic heterocycles. The molecule has 1 heterocycles. The fourth-order valence-electron chi connectivity index (χ4n) is 9.23. The highest BCUT2D eigenvalue weighted by Gasteiger charge is 2.68. The summed E-state index contributed by atoms with van der Waals surface area (Å²) in [5.41, 5.74) is 3.19. The normalized spacial score (nSPS) is 32.4. The predicted octanol–water partition coefficient (Wildman–Crippen LogP) is 7.04. The molecule has 0 bridgehead atoms. The minimum Gasteiger partial charge on any atom is -0.508 e. The summed E-state index contributed by atoms with van der Waals surface area (Å²) in [5.74, 6) is 2.74. The minimum atomic E-state index is -0.443. The van der Waals surface area contributed by atoms with Gasteiger partial charge in [-0.05, 0) is 142 Å². The summed E-state index contributed by atoms with van der Waals surface area (Å²) in [5, 5.41) is 12.9. The topological polar surface area (TPSA) is 61.8 Å². The van der Waals surface area contributed by atoms with Crippen LogP contribution in [0.15, 0.2) is 36.4 Å². The third kappa shape index (κ3) is 4.91. The van der Waals surface area contributed by atoms with Crippen molar-refractivity contribution in [1.29, 1.82) is 0 Å². The van der Waals surface area contributed by atoms with Crippen molar-refractivity contribution in [2.24, 2.45) is 23.2 Å².